The van der Waals surface area contributed by atoms with E-state index in [1.54, 1.807) is 6.26 Å². The summed E-state index contributed by atoms with van der Waals surface area (Å²) in [5.41, 5.74) is 0.867. The van der Waals surface area contributed by atoms with Crippen LogP contribution in [0, 0.1) is 0 Å². The zero-order valence-corrected chi connectivity index (χ0v) is 13.3. The summed E-state index contributed by atoms with van der Waals surface area (Å²) in [6.45, 7) is 1.34. The van der Waals surface area contributed by atoms with Crippen LogP contribution >= 0.6 is 12.4 Å². The van der Waals surface area contributed by atoms with Gasteiger partial charge in [0, 0.05) is 18.5 Å². The van der Waals surface area contributed by atoms with E-state index in [1.807, 2.05) is 36.4 Å². The van der Waals surface area contributed by atoms with Gasteiger partial charge in [-0.25, -0.2) is 4.98 Å². The van der Waals surface area contributed by atoms with Crippen molar-refractivity contribution in [2.24, 2.45) is 0 Å². The van der Waals surface area contributed by atoms with E-state index < -0.39 is 0 Å². The molecule has 1 aromatic carbocycles. The molecule has 0 aliphatic carbocycles. The Morgan fingerprint density at radius 1 is 1.04 bits per heavy atom. The largest absolute Gasteiger partial charge is 0.467 e. The van der Waals surface area contributed by atoms with Crippen LogP contribution in [0.5, 0.6) is 0 Å². The maximum atomic E-state index is 8.91. The number of nitrogens with zero attached hydrogens (tertiary/aromatic N) is 2. The summed E-state index contributed by atoms with van der Waals surface area (Å²) in [5.74, 6) is 2.13. The molecule has 0 atom stereocenters. The molecule has 0 fully saturated rings. The first-order valence-electron chi connectivity index (χ1n) is 7.24. The van der Waals surface area contributed by atoms with Crippen molar-refractivity contribution in [3.05, 3.63) is 48.4 Å². The van der Waals surface area contributed by atoms with Gasteiger partial charge in [-0.1, -0.05) is 12.1 Å². The van der Waals surface area contributed by atoms with E-state index in [0.29, 0.717) is 25.5 Å². The van der Waals surface area contributed by atoms with Gasteiger partial charge < -0.3 is 20.2 Å². The number of aromatic nitrogens is 2. The van der Waals surface area contributed by atoms with Crippen molar-refractivity contribution in [2.75, 3.05) is 23.8 Å². The standard InChI is InChI=1S/C16H18N4O2.ClH/c21-9-4-8-17-15-13-6-1-2-7-14(13)19-16(20-15)18-11-12-5-3-10-22-12;/h1-3,5-7,10,21H,4,8-9,11H2,(H2,17,18,19,20);1H. The molecule has 0 spiro atoms. The minimum Gasteiger partial charge on any atom is -0.467 e. The molecule has 2 heterocycles. The SMILES string of the molecule is Cl.OCCCNc1nc(NCc2ccco2)nc2ccccc12. The fraction of sp³-hybridized carbons (Fsp3) is 0.250. The number of hydrogen-bond acceptors (Lipinski definition) is 6. The van der Waals surface area contributed by atoms with E-state index in [2.05, 4.69) is 20.6 Å². The normalized spacial score (nSPS) is 10.3. The molecule has 0 unspecified atom stereocenters. The second-order valence-corrected chi connectivity index (χ2v) is 4.85. The summed E-state index contributed by atoms with van der Waals surface area (Å²) in [4.78, 5) is 9.03. The molecular weight excluding hydrogens is 316 g/mol. The van der Waals surface area contributed by atoms with Crippen LogP contribution in [0.25, 0.3) is 10.9 Å². The molecule has 0 bridgehead atoms. The van der Waals surface area contributed by atoms with E-state index in [9.17, 15) is 0 Å². The van der Waals surface area contributed by atoms with Gasteiger partial charge in [-0.2, -0.15) is 4.98 Å². The Morgan fingerprint density at radius 3 is 2.70 bits per heavy atom. The first-order chi connectivity index (χ1) is 10.9. The van der Waals surface area contributed by atoms with Crippen LogP contribution in [0.2, 0.25) is 0 Å². The number of fused-ring (bicyclic) bond motifs is 1. The van der Waals surface area contributed by atoms with Crippen LogP contribution in [0.1, 0.15) is 12.2 Å². The maximum Gasteiger partial charge on any atom is 0.225 e. The number of halogens is 1. The molecule has 3 aromatic rings. The minimum absolute atomic E-state index is 0. The quantitative estimate of drug-likeness (QED) is 0.576. The number of nitrogens with one attached hydrogen (secondary N) is 2. The van der Waals surface area contributed by atoms with Gasteiger partial charge in [-0.3, -0.25) is 0 Å². The molecule has 0 amide bonds. The van der Waals surface area contributed by atoms with Crippen molar-refractivity contribution in [1.82, 2.24) is 9.97 Å². The lowest BCUT2D eigenvalue weighted by Gasteiger charge is -2.11. The van der Waals surface area contributed by atoms with Gasteiger partial charge in [-0.05, 0) is 30.7 Å². The Labute approximate surface area is 140 Å². The molecule has 0 aliphatic rings. The first kappa shape index (κ1) is 17.1. The van der Waals surface area contributed by atoms with Gasteiger partial charge in [0.15, 0.2) is 0 Å². The Kier molecular flexibility index (Phi) is 6.19. The Morgan fingerprint density at radius 2 is 1.91 bits per heavy atom. The summed E-state index contributed by atoms with van der Waals surface area (Å²) in [6.07, 6.45) is 2.31. The highest BCUT2D eigenvalue weighted by atomic mass is 35.5. The topological polar surface area (TPSA) is 83.2 Å². The number of aliphatic hydroxyl groups excluding tert-OH is 1. The van der Waals surface area contributed by atoms with Crippen LogP contribution in [-0.2, 0) is 6.54 Å². The average Bonchev–Trinajstić information content (AvgIpc) is 3.06. The first-order valence-corrected chi connectivity index (χ1v) is 7.24. The molecule has 6 nitrogen and oxygen atoms in total. The second-order valence-electron chi connectivity index (χ2n) is 4.85. The third-order valence-corrected chi connectivity index (χ3v) is 3.23. The third kappa shape index (κ3) is 4.34. The van der Waals surface area contributed by atoms with Crippen molar-refractivity contribution < 1.29 is 9.52 Å². The van der Waals surface area contributed by atoms with E-state index in [1.165, 1.54) is 0 Å². The Balaban J connectivity index is 0.00000192. The molecular formula is C16H19ClN4O2. The van der Waals surface area contributed by atoms with Crippen molar-refractivity contribution in [2.45, 2.75) is 13.0 Å². The zero-order chi connectivity index (χ0) is 15.2. The average molecular weight is 335 g/mol. The molecule has 0 aliphatic heterocycles. The lowest BCUT2D eigenvalue weighted by atomic mass is 10.2. The number of hydrogen-bond donors (Lipinski definition) is 3. The summed E-state index contributed by atoms with van der Waals surface area (Å²) < 4.78 is 5.29. The van der Waals surface area contributed by atoms with Gasteiger partial charge in [0.1, 0.15) is 11.6 Å². The van der Waals surface area contributed by atoms with Gasteiger partial charge in [-0.15, -0.1) is 12.4 Å². The monoisotopic (exact) mass is 334 g/mol. The highest BCUT2D eigenvalue weighted by molar-refractivity contribution is 5.90. The molecule has 122 valence electrons. The molecule has 0 radical (unpaired) electrons. The fourth-order valence-corrected chi connectivity index (χ4v) is 2.16. The number of anilines is 2. The molecule has 23 heavy (non-hydrogen) atoms. The number of para-hydroxylation sites is 1. The third-order valence-electron chi connectivity index (χ3n) is 3.23. The second kappa shape index (κ2) is 8.36. The van der Waals surface area contributed by atoms with Gasteiger partial charge in [0.25, 0.3) is 0 Å². The van der Waals surface area contributed by atoms with Crippen LogP contribution < -0.4 is 10.6 Å². The lowest BCUT2D eigenvalue weighted by molar-refractivity contribution is 0.292. The zero-order valence-electron chi connectivity index (χ0n) is 12.5. The lowest BCUT2D eigenvalue weighted by Crippen LogP contribution is -2.09. The number of furan rings is 1. The summed E-state index contributed by atoms with van der Waals surface area (Å²) in [7, 11) is 0. The highest BCUT2D eigenvalue weighted by Gasteiger charge is 2.07. The van der Waals surface area contributed by atoms with Crippen molar-refractivity contribution in [3.63, 3.8) is 0 Å². The van der Waals surface area contributed by atoms with Crippen LogP contribution in [0.4, 0.5) is 11.8 Å². The summed E-state index contributed by atoms with van der Waals surface area (Å²) in [5, 5.41) is 16.3. The minimum atomic E-state index is 0. The molecule has 0 saturated carbocycles. The van der Waals surface area contributed by atoms with E-state index >= 15 is 0 Å². The summed E-state index contributed by atoms with van der Waals surface area (Å²) >= 11 is 0. The van der Waals surface area contributed by atoms with Gasteiger partial charge in [0.05, 0.1) is 18.3 Å². The van der Waals surface area contributed by atoms with E-state index in [4.69, 9.17) is 9.52 Å². The Bertz CT molecular complexity index is 734. The van der Waals surface area contributed by atoms with Crippen LogP contribution in [0.15, 0.2) is 47.1 Å². The molecule has 7 heteroatoms. The number of benzene rings is 1. The highest BCUT2D eigenvalue weighted by Crippen LogP contribution is 2.22. The predicted molar refractivity (Wildman–Crippen MR) is 93.0 cm³/mol. The van der Waals surface area contributed by atoms with E-state index in [-0.39, 0.29) is 19.0 Å². The fourth-order valence-electron chi connectivity index (χ4n) is 2.16. The van der Waals surface area contributed by atoms with Crippen molar-refractivity contribution >= 4 is 35.1 Å². The Hall–Kier alpha value is -2.31. The molecule has 3 N–H and O–H groups in total. The van der Waals surface area contributed by atoms with E-state index in [0.717, 1.165) is 22.5 Å². The number of aliphatic hydroxyl groups is 1. The maximum absolute atomic E-state index is 8.91. The smallest absolute Gasteiger partial charge is 0.225 e. The molecule has 2 aromatic heterocycles. The van der Waals surface area contributed by atoms with Crippen LogP contribution in [0.3, 0.4) is 0 Å². The molecule has 3 rings (SSSR count). The van der Waals surface area contributed by atoms with Gasteiger partial charge in [0.2, 0.25) is 5.95 Å². The molecule has 0 saturated heterocycles. The predicted octanol–water partition coefficient (Wildman–Crippen LogP) is 3.05. The number of rotatable bonds is 7. The van der Waals surface area contributed by atoms with Crippen LogP contribution in [-0.4, -0.2) is 28.2 Å². The van der Waals surface area contributed by atoms with Gasteiger partial charge >= 0.3 is 0 Å². The van der Waals surface area contributed by atoms with Crippen molar-refractivity contribution in [1.29, 1.82) is 0 Å². The van der Waals surface area contributed by atoms with Crippen molar-refractivity contribution in [3.8, 4) is 0 Å². The summed E-state index contributed by atoms with van der Waals surface area (Å²) in [6, 6.07) is 11.6.